The fraction of sp³-hybridized carbons (Fsp3) is 0.571. The van der Waals surface area contributed by atoms with Gasteiger partial charge >= 0.3 is 0 Å². The predicted molar refractivity (Wildman–Crippen MR) is 77.4 cm³/mol. The molecule has 5 heteroatoms. The van der Waals surface area contributed by atoms with Crippen LogP contribution in [-0.2, 0) is 9.84 Å². The number of nitrogens with zero attached hydrogens (tertiary/aromatic N) is 1. The van der Waals surface area contributed by atoms with Crippen LogP contribution < -0.4 is 5.32 Å². The van der Waals surface area contributed by atoms with Gasteiger partial charge in [0.1, 0.15) is 0 Å². The van der Waals surface area contributed by atoms with Gasteiger partial charge in [0.05, 0.1) is 11.5 Å². The molecule has 2 atom stereocenters. The number of benzene rings is 1. The molecule has 2 heterocycles. The number of para-hydroxylation sites is 1. The van der Waals surface area contributed by atoms with Crippen LogP contribution in [0.2, 0.25) is 0 Å². The van der Waals surface area contributed by atoms with Crippen molar-refractivity contribution in [2.24, 2.45) is 0 Å². The predicted octanol–water partition coefficient (Wildman–Crippen LogP) is 1.31. The van der Waals surface area contributed by atoms with Crippen LogP contribution in [0.4, 0.5) is 5.69 Å². The minimum absolute atomic E-state index is 0.131. The lowest BCUT2D eigenvalue weighted by Gasteiger charge is -2.34. The fourth-order valence-electron chi connectivity index (χ4n) is 3.11. The Hall–Kier alpha value is -1.07. The summed E-state index contributed by atoms with van der Waals surface area (Å²) >= 11 is 0. The summed E-state index contributed by atoms with van der Waals surface area (Å²) < 4.78 is 23.2. The van der Waals surface area contributed by atoms with Crippen LogP contribution in [0.25, 0.3) is 0 Å². The van der Waals surface area contributed by atoms with Crippen molar-refractivity contribution in [2.45, 2.75) is 18.9 Å². The topological polar surface area (TPSA) is 49.4 Å². The van der Waals surface area contributed by atoms with E-state index in [1.54, 1.807) is 0 Å². The van der Waals surface area contributed by atoms with E-state index in [0.29, 0.717) is 24.0 Å². The van der Waals surface area contributed by atoms with Crippen LogP contribution in [0, 0.1) is 0 Å². The van der Waals surface area contributed by atoms with Crippen molar-refractivity contribution in [3.05, 3.63) is 29.8 Å². The van der Waals surface area contributed by atoms with E-state index in [4.69, 9.17) is 0 Å². The number of anilines is 1. The Labute approximate surface area is 114 Å². The van der Waals surface area contributed by atoms with E-state index >= 15 is 0 Å². The van der Waals surface area contributed by atoms with Crippen LogP contribution in [0.15, 0.2) is 24.3 Å². The first-order valence-corrected chi connectivity index (χ1v) is 8.64. The molecule has 2 aliphatic heterocycles. The summed E-state index contributed by atoms with van der Waals surface area (Å²) in [5, 5.41) is 3.43. The number of nitrogens with one attached hydrogen (secondary N) is 1. The summed E-state index contributed by atoms with van der Waals surface area (Å²) in [6, 6.07) is 8.53. The molecular formula is C14H20N2O2S. The number of rotatable bonds is 2. The van der Waals surface area contributed by atoms with E-state index in [1.165, 1.54) is 11.3 Å². The molecular weight excluding hydrogens is 260 g/mol. The van der Waals surface area contributed by atoms with Gasteiger partial charge in [0, 0.05) is 37.3 Å². The second-order valence-electron chi connectivity index (χ2n) is 5.62. The largest absolute Gasteiger partial charge is 0.384 e. The molecule has 3 rings (SSSR count). The van der Waals surface area contributed by atoms with Gasteiger partial charge in [-0.25, -0.2) is 8.42 Å². The van der Waals surface area contributed by atoms with Gasteiger partial charge in [-0.2, -0.15) is 0 Å². The monoisotopic (exact) mass is 280 g/mol. The molecule has 0 aliphatic carbocycles. The van der Waals surface area contributed by atoms with Crippen LogP contribution in [0.5, 0.6) is 0 Å². The molecule has 1 N–H and O–H groups in total. The maximum absolute atomic E-state index is 11.6. The molecule has 2 unspecified atom stereocenters. The van der Waals surface area contributed by atoms with Gasteiger partial charge in [-0.1, -0.05) is 18.2 Å². The lowest BCUT2D eigenvalue weighted by molar-refractivity contribution is 0.216. The molecule has 1 aromatic rings. The minimum Gasteiger partial charge on any atom is -0.384 e. The third-order valence-electron chi connectivity index (χ3n) is 4.20. The summed E-state index contributed by atoms with van der Waals surface area (Å²) in [6.45, 7) is 4.59. The number of sulfone groups is 1. The van der Waals surface area contributed by atoms with Crippen LogP contribution in [-0.4, -0.2) is 50.5 Å². The highest BCUT2D eigenvalue weighted by Gasteiger charge is 2.31. The van der Waals surface area contributed by atoms with E-state index in [0.717, 1.165) is 13.1 Å². The summed E-state index contributed by atoms with van der Waals surface area (Å²) in [6.07, 6.45) is 0. The second kappa shape index (κ2) is 4.80. The van der Waals surface area contributed by atoms with Crippen molar-refractivity contribution in [1.82, 2.24) is 4.90 Å². The average molecular weight is 280 g/mol. The highest BCUT2D eigenvalue weighted by Crippen LogP contribution is 2.32. The molecule has 104 valence electrons. The Morgan fingerprint density at radius 1 is 1.37 bits per heavy atom. The number of fused-ring (bicyclic) bond motifs is 1. The van der Waals surface area contributed by atoms with Crippen molar-refractivity contribution in [3.8, 4) is 0 Å². The van der Waals surface area contributed by atoms with Gasteiger partial charge in [0.15, 0.2) is 9.84 Å². The first-order valence-electron chi connectivity index (χ1n) is 6.82. The highest BCUT2D eigenvalue weighted by molar-refractivity contribution is 7.91. The Bertz CT molecular complexity index is 571. The van der Waals surface area contributed by atoms with E-state index in [2.05, 4.69) is 28.4 Å². The normalized spacial score (nSPS) is 29.7. The molecule has 0 aromatic heterocycles. The molecule has 0 spiro atoms. The van der Waals surface area contributed by atoms with Crippen molar-refractivity contribution < 1.29 is 8.42 Å². The van der Waals surface area contributed by atoms with Crippen molar-refractivity contribution >= 4 is 15.5 Å². The zero-order valence-electron chi connectivity index (χ0n) is 11.2. The highest BCUT2D eigenvalue weighted by atomic mass is 32.2. The van der Waals surface area contributed by atoms with E-state index in [9.17, 15) is 8.42 Å². The standard InChI is InChI=1S/C14H20N2O2S/c1-11-10-19(17,18)7-6-16(11)9-12-8-15-14-5-3-2-4-13(12)14/h2-5,11-12,15H,6-10H2,1H3. The average Bonchev–Trinajstić information content (AvgIpc) is 2.76. The molecule has 19 heavy (non-hydrogen) atoms. The van der Waals surface area contributed by atoms with Gasteiger partial charge in [0.25, 0.3) is 0 Å². The molecule has 2 aliphatic rings. The zero-order chi connectivity index (χ0) is 13.5. The van der Waals surface area contributed by atoms with Gasteiger partial charge < -0.3 is 5.32 Å². The van der Waals surface area contributed by atoms with Gasteiger partial charge in [-0.15, -0.1) is 0 Å². The Kier molecular flexibility index (Phi) is 3.27. The van der Waals surface area contributed by atoms with Crippen molar-refractivity contribution in [1.29, 1.82) is 0 Å². The maximum atomic E-state index is 11.6. The SMILES string of the molecule is CC1CS(=O)(=O)CCN1CC1CNc2ccccc21. The van der Waals surface area contributed by atoms with Crippen LogP contribution >= 0.6 is 0 Å². The summed E-state index contributed by atoms with van der Waals surface area (Å²) in [5.41, 5.74) is 2.59. The first-order chi connectivity index (χ1) is 9.05. The van der Waals surface area contributed by atoms with E-state index in [1.807, 2.05) is 13.0 Å². The van der Waals surface area contributed by atoms with Crippen LogP contribution in [0.1, 0.15) is 18.4 Å². The van der Waals surface area contributed by atoms with Gasteiger partial charge in [-0.05, 0) is 18.6 Å². The molecule has 1 aromatic carbocycles. The summed E-state index contributed by atoms with van der Waals surface area (Å²) in [4.78, 5) is 2.31. The quantitative estimate of drug-likeness (QED) is 0.887. The number of hydrogen-bond donors (Lipinski definition) is 1. The molecule has 0 radical (unpaired) electrons. The first kappa shape index (κ1) is 12.9. The minimum atomic E-state index is -2.82. The van der Waals surface area contributed by atoms with E-state index < -0.39 is 9.84 Å². The zero-order valence-corrected chi connectivity index (χ0v) is 12.0. The molecule has 0 saturated carbocycles. The second-order valence-corrected chi connectivity index (χ2v) is 7.85. The molecule has 0 bridgehead atoms. The van der Waals surface area contributed by atoms with Crippen LogP contribution in [0.3, 0.4) is 0 Å². The summed E-state index contributed by atoms with van der Waals surface area (Å²) in [7, 11) is -2.82. The fourth-order valence-corrected chi connectivity index (χ4v) is 4.73. The Balaban J connectivity index is 1.70. The van der Waals surface area contributed by atoms with Crippen molar-refractivity contribution in [3.63, 3.8) is 0 Å². The lowest BCUT2D eigenvalue weighted by atomic mass is 10.0. The summed E-state index contributed by atoms with van der Waals surface area (Å²) in [5.74, 6) is 1.08. The van der Waals surface area contributed by atoms with Gasteiger partial charge in [0.2, 0.25) is 0 Å². The van der Waals surface area contributed by atoms with Crippen molar-refractivity contribution in [2.75, 3.05) is 36.5 Å². The molecule has 1 saturated heterocycles. The third kappa shape index (κ3) is 2.62. The third-order valence-corrected chi connectivity index (χ3v) is 6.00. The lowest BCUT2D eigenvalue weighted by Crippen LogP contribution is -2.48. The number of hydrogen-bond acceptors (Lipinski definition) is 4. The smallest absolute Gasteiger partial charge is 0.153 e. The Morgan fingerprint density at radius 3 is 2.95 bits per heavy atom. The molecule has 1 fully saturated rings. The van der Waals surface area contributed by atoms with Gasteiger partial charge in [-0.3, -0.25) is 4.90 Å². The maximum Gasteiger partial charge on any atom is 0.153 e. The Morgan fingerprint density at radius 2 is 2.16 bits per heavy atom. The van der Waals surface area contributed by atoms with E-state index in [-0.39, 0.29) is 6.04 Å². The molecule has 0 amide bonds. The molecule has 4 nitrogen and oxygen atoms in total.